The fraction of sp³-hybridized carbons (Fsp3) is 1.00. The fourth-order valence-corrected chi connectivity index (χ4v) is 2.09. The van der Waals surface area contributed by atoms with E-state index in [1.54, 1.807) is 0 Å². The second kappa shape index (κ2) is 2.46. The van der Waals surface area contributed by atoms with E-state index in [0.29, 0.717) is 5.92 Å². The number of aliphatic hydroxyl groups is 1. The molecule has 0 aromatic heterocycles. The van der Waals surface area contributed by atoms with Crippen LogP contribution >= 0.6 is 0 Å². The maximum atomic E-state index is 10.1. The van der Waals surface area contributed by atoms with Crippen molar-refractivity contribution in [2.45, 2.75) is 44.3 Å². The van der Waals surface area contributed by atoms with Crippen molar-refractivity contribution in [3.63, 3.8) is 0 Å². The highest BCUT2D eigenvalue weighted by Gasteiger charge is 2.45. The van der Waals surface area contributed by atoms with Gasteiger partial charge in [-0.2, -0.15) is 0 Å². The van der Waals surface area contributed by atoms with Crippen LogP contribution in [0.15, 0.2) is 0 Å². The number of ether oxygens (including phenoxy) is 1. The zero-order chi connectivity index (χ0) is 7.90. The topological polar surface area (TPSA) is 29.5 Å². The molecule has 1 saturated heterocycles. The van der Waals surface area contributed by atoms with Gasteiger partial charge in [0.2, 0.25) is 0 Å². The first-order valence-corrected chi connectivity index (χ1v) is 4.55. The van der Waals surface area contributed by atoms with E-state index in [1.165, 1.54) is 12.8 Å². The van der Waals surface area contributed by atoms with Gasteiger partial charge in [0.1, 0.15) is 0 Å². The molecule has 2 aliphatic rings. The molecule has 1 heterocycles. The predicted octanol–water partition coefficient (Wildman–Crippen LogP) is 1.33. The van der Waals surface area contributed by atoms with Crippen LogP contribution in [0.4, 0.5) is 0 Å². The lowest BCUT2D eigenvalue weighted by atomic mass is 9.86. The normalized spacial score (nSPS) is 45.8. The molecule has 1 saturated carbocycles. The number of hydrogen-bond acceptors (Lipinski definition) is 2. The molecule has 1 N–H and O–H groups in total. The van der Waals surface area contributed by atoms with Crippen molar-refractivity contribution in [1.82, 2.24) is 0 Å². The van der Waals surface area contributed by atoms with Crippen LogP contribution < -0.4 is 0 Å². The van der Waals surface area contributed by atoms with E-state index in [-0.39, 0.29) is 11.7 Å². The lowest BCUT2D eigenvalue weighted by Crippen LogP contribution is -2.41. The van der Waals surface area contributed by atoms with Crippen molar-refractivity contribution < 1.29 is 9.84 Å². The minimum Gasteiger partial charge on any atom is -0.389 e. The third-order valence-electron chi connectivity index (χ3n) is 2.92. The van der Waals surface area contributed by atoms with Crippen molar-refractivity contribution >= 4 is 0 Å². The van der Waals surface area contributed by atoms with E-state index in [2.05, 4.69) is 0 Å². The van der Waals surface area contributed by atoms with Gasteiger partial charge in [-0.05, 0) is 32.1 Å². The zero-order valence-corrected chi connectivity index (χ0v) is 7.05. The van der Waals surface area contributed by atoms with Crippen molar-refractivity contribution in [2.75, 3.05) is 6.61 Å². The minimum atomic E-state index is -0.363. The van der Waals surface area contributed by atoms with Gasteiger partial charge in [-0.25, -0.2) is 0 Å². The Kier molecular flexibility index (Phi) is 1.69. The zero-order valence-electron chi connectivity index (χ0n) is 7.05. The molecule has 2 rings (SSSR count). The number of rotatable bonds is 1. The van der Waals surface area contributed by atoms with Crippen LogP contribution in [-0.4, -0.2) is 23.4 Å². The maximum Gasteiger partial charge on any atom is 0.0722 e. The van der Waals surface area contributed by atoms with E-state index in [1.807, 2.05) is 6.92 Å². The largest absolute Gasteiger partial charge is 0.389 e. The van der Waals surface area contributed by atoms with E-state index in [0.717, 1.165) is 19.4 Å². The highest BCUT2D eigenvalue weighted by molar-refractivity contribution is 4.97. The maximum absolute atomic E-state index is 10.1. The van der Waals surface area contributed by atoms with Crippen LogP contribution in [0.3, 0.4) is 0 Å². The quantitative estimate of drug-likeness (QED) is 0.620. The molecule has 0 amide bonds. The molecule has 11 heavy (non-hydrogen) atoms. The lowest BCUT2D eigenvalue weighted by Gasteiger charge is -2.35. The van der Waals surface area contributed by atoms with Crippen LogP contribution in [-0.2, 0) is 4.74 Å². The highest BCUT2D eigenvalue weighted by atomic mass is 16.5. The van der Waals surface area contributed by atoms with Gasteiger partial charge in [-0.15, -0.1) is 0 Å². The van der Waals surface area contributed by atoms with Gasteiger partial charge in [0, 0.05) is 13.0 Å². The first-order valence-electron chi connectivity index (χ1n) is 4.55. The van der Waals surface area contributed by atoms with Crippen LogP contribution in [0.1, 0.15) is 32.6 Å². The molecule has 1 aliphatic carbocycles. The molecule has 2 heteroatoms. The van der Waals surface area contributed by atoms with Gasteiger partial charge in [0.15, 0.2) is 0 Å². The smallest absolute Gasteiger partial charge is 0.0722 e. The van der Waals surface area contributed by atoms with E-state index < -0.39 is 0 Å². The standard InChI is InChI=1S/C9H16O2/c1-7-6-9(10,4-5-11-7)8-2-3-8/h7-8,10H,2-6H2,1H3. The summed E-state index contributed by atoms with van der Waals surface area (Å²) in [5.74, 6) is 0.592. The fourth-order valence-electron chi connectivity index (χ4n) is 2.09. The first kappa shape index (κ1) is 7.56. The Morgan fingerprint density at radius 2 is 2.18 bits per heavy atom. The van der Waals surface area contributed by atoms with Crippen molar-refractivity contribution in [1.29, 1.82) is 0 Å². The van der Waals surface area contributed by atoms with E-state index >= 15 is 0 Å². The summed E-state index contributed by atoms with van der Waals surface area (Å²) in [5, 5.41) is 10.1. The summed E-state index contributed by atoms with van der Waals surface area (Å²) in [7, 11) is 0. The van der Waals surface area contributed by atoms with Crippen molar-refractivity contribution in [3.8, 4) is 0 Å². The summed E-state index contributed by atoms with van der Waals surface area (Å²) >= 11 is 0. The molecule has 2 unspecified atom stereocenters. The van der Waals surface area contributed by atoms with E-state index in [4.69, 9.17) is 4.74 Å². The predicted molar refractivity (Wildman–Crippen MR) is 42.3 cm³/mol. The Morgan fingerprint density at radius 1 is 1.45 bits per heavy atom. The van der Waals surface area contributed by atoms with Gasteiger partial charge in [-0.3, -0.25) is 0 Å². The average Bonchev–Trinajstić information content (AvgIpc) is 2.66. The van der Waals surface area contributed by atoms with E-state index in [9.17, 15) is 5.11 Å². The molecular weight excluding hydrogens is 140 g/mol. The molecule has 0 aromatic carbocycles. The molecule has 2 atom stereocenters. The molecule has 0 bridgehead atoms. The van der Waals surface area contributed by atoms with Gasteiger partial charge >= 0.3 is 0 Å². The third-order valence-corrected chi connectivity index (χ3v) is 2.92. The Balaban J connectivity index is 1.99. The molecule has 0 aromatic rings. The van der Waals surface area contributed by atoms with Crippen molar-refractivity contribution in [2.24, 2.45) is 5.92 Å². The van der Waals surface area contributed by atoms with Crippen molar-refractivity contribution in [3.05, 3.63) is 0 Å². The van der Waals surface area contributed by atoms with Crippen LogP contribution in [0.25, 0.3) is 0 Å². The third kappa shape index (κ3) is 1.42. The SMILES string of the molecule is CC1CC(O)(C2CC2)CCO1. The monoisotopic (exact) mass is 156 g/mol. The summed E-state index contributed by atoms with van der Waals surface area (Å²) in [6.45, 7) is 2.79. The number of hydrogen-bond donors (Lipinski definition) is 1. The van der Waals surface area contributed by atoms with Gasteiger partial charge in [0.05, 0.1) is 11.7 Å². The second-order valence-electron chi connectivity index (χ2n) is 4.01. The summed E-state index contributed by atoms with van der Waals surface area (Å²) in [6, 6.07) is 0. The average molecular weight is 156 g/mol. The lowest BCUT2D eigenvalue weighted by molar-refractivity contribution is -0.108. The summed E-state index contributed by atoms with van der Waals surface area (Å²) in [4.78, 5) is 0. The second-order valence-corrected chi connectivity index (χ2v) is 4.01. The Bertz CT molecular complexity index is 154. The molecule has 2 fully saturated rings. The minimum absolute atomic E-state index is 0.259. The Morgan fingerprint density at radius 3 is 2.73 bits per heavy atom. The Labute approximate surface area is 67.6 Å². The van der Waals surface area contributed by atoms with Gasteiger partial charge in [0.25, 0.3) is 0 Å². The molecule has 1 aliphatic heterocycles. The highest BCUT2D eigenvalue weighted by Crippen LogP contribution is 2.45. The van der Waals surface area contributed by atoms with Crippen LogP contribution in [0, 0.1) is 5.92 Å². The molecular formula is C9H16O2. The van der Waals surface area contributed by atoms with Gasteiger partial charge < -0.3 is 9.84 Å². The van der Waals surface area contributed by atoms with Crippen LogP contribution in [0.2, 0.25) is 0 Å². The molecule has 0 radical (unpaired) electrons. The molecule has 64 valence electrons. The Hall–Kier alpha value is -0.0800. The summed E-state index contributed by atoms with van der Waals surface area (Å²) < 4.78 is 5.39. The first-order chi connectivity index (χ1) is 5.21. The molecule has 0 spiro atoms. The van der Waals surface area contributed by atoms with Crippen LogP contribution in [0.5, 0.6) is 0 Å². The molecule has 2 nitrogen and oxygen atoms in total. The summed E-state index contributed by atoms with van der Waals surface area (Å²) in [5.41, 5.74) is -0.363. The summed E-state index contributed by atoms with van der Waals surface area (Å²) in [6.07, 6.45) is 4.40. The van der Waals surface area contributed by atoms with Gasteiger partial charge in [-0.1, -0.05) is 0 Å².